The van der Waals surface area contributed by atoms with Gasteiger partial charge in [0.2, 0.25) is 0 Å². The maximum Gasteiger partial charge on any atom is 0.250 e. The van der Waals surface area contributed by atoms with E-state index in [1.54, 1.807) is 6.21 Å². The van der Waals surface area contributed by atoms with E-state index in [1.165, 1.54) is 17.3 Å². The molecule has 1 heterocycles. The lowest BCUT2D eigenvalue weighted by Gasteiger charge is -2.02. The number of nitrogens with one attached hydrogen (secondary N) is 1. The molecule has 1 aromatic carbocycles. The molecule has 5 nitrogen and oxygen atoms in total. The third-order valence-electron chi connectivity index (χ3n) is 2.77. The summed E-state index contributed by atoms with van der Waals surface area (Å²) in [6.45, 7) is 5.84. The number of hydrogen-bond donors (Lipinski definition) is 1. The predicted octanol–water partition coefficient (Wildman–Crippen LogP) is 2.64. The van der Waals surface area contributed by atoms with E-state index in [2.05, 4.69) is 20.5 Å². The second-order valence-electron chi connectivity index (χ2n) is 4.93. The molecule has 0 saturated heterocycles. The van der Waals surface area contributed by atoms with E-state index in [-0.39, 0.29) is 11.7 Å². The normalized spacial score (nSPS) is 10.9. The molecule has 0 unspecified atom stereocenters. The minimum absolute atomic E-state index is 0.184. The largest absolute Gasteiger partial charge is 0.272 e. The van der Waals surface area contributed by atoms with Crippen LogP contribution >= 0.6 is 11.8 Å². The van der Waals surface area contributed by atoms with Crippen molar-refractivity contribution in [1.82, 2.24) is 15.4 Å². The lowest BCUT2D eigenvalue weighted by atomic mass is 10.2. The molecule has 2 aromatic rings. The van der Waals surface area contributed by atoms with Crippen LogP contribution in [0.15, 0.2) is 40.6 Å². The highest BCUT2D eigenvalue weighted by Gasteiger charge is 2.05. The van der Waals surface area contributed by atoms with Crippen molar-refractivity contribution in [1.29, 1.82) is 0 Å². The lowest BCUT2D eigenvalue weighted by Crippen LogP contribution is -2.19. The first-order chi connectivity index (χ1) is 10.5. The van der Waals surface area contributed by atoms with Gasteiger partial charge in [-0.15, -0.1) is 0 Å². The first-order valence-corrected chi connectivity index (χ1v) is 7.85. The second-order valence-corrected chi connectivity index (χ2v) is 5.87. The Labute approximate surface area is 134 Å². The van der Waals surface area contributed by atoms with Crippen molar-refractivity contribution in [2.75, 3.05) is 5.75 Å². The van der Waals surface area contributed by atoms with Crippen molar-refractivity contribution in [2.24, 2.45) is 5.10 Å². The van der Waals surface area contributed by atoms with Gasteiger partial charge in [-0.05, 0) is 32.4 Å². The van der Waals surface area contributed by atoms with Crippen LogP contribution in [-0.2, 0) is 4.79 Å². The predicted molar refractivity (Wildman–Crippen MR) is 89.1 cm³/mol. The van der Waals surface area contributed by atoms with Gasteiger partial charge in [-0.3, -0.25) is 4.79 Å². The Hall–Kier alpha value is -2.21. The SMILES string of the molecule is Cc1ccc(C=NNC(=O)CSc2nc(C)cc(C)n2)cc1. The molecule has 0 aliphatic carbocycles. The van der Waals surface area contributed by atoms with Gasteiger partial charge in [-0.2, -0.15) is 5.10 Å². The first-order valence-electron chi connectivity index (χ1n) is 6.86. The zero-order valence-electron chi connectivity index (χ0n) is 12.8. The first kappa shape index (κ1) is 16.2. The van der Waals surface area contributed by atoms with Crippen molar-refractivity contribution < 1.29 is 4.79 Å². The van der Waals surface area contributed by atoms with Gasteiger partial charge in [0, 0.05) is 11.4 Å². The van der Waals surface area contributed by atoms with E-state index >= 15 is 0 Å². The van der Waals surface area contributed by atoms with Crippen molar-refractivity contribution in [2.45, 2.75) is 25.9 Å². The Bertz CT molecular complexity index is 663. The summed E-state index contributed by atoms with van der Waals surface area (Å²) in [6.07, 6.45) is 1.62. The van der Waals surface area contributed by atoms with Gasteiger partial charge in [-0.25, -0.2) is 15.4 Å². The van der Waals surface area contributed by atoms with Gasteiger partial charge in [0.05, 0.1) is 12.0 Å². The van der Waals surface area contributed by atoms with Crippen LogP contribution in [0.2, 0.25) is 0 Å². The number of aryl methyl sites for hydroxylation is 3. The summed E-state index contributed by atoms with van der Waals surface area (Å²) in [5, 5.41) is 4.55. The molecular formula is C16H18N4OS. The summed E-state index contributed by atoms with van der Waals surface area (Å²) < 4.78 is 0. The molecule has 0 aliphatic heterocycles. The second kappa shape index (κ2) is 7.70. The quantitative estimate of drug-likeness (QED) is 0.399. The molecule has 1 N–H and O–H groups in total. The standard InChI is InChI=1S/C16H18N4OS/c1-11-4-6-14(7-5-11)9-17-20-15(21)10-22-16-18-12(2)8-13(3)19-16/h4-9H,10H2,1-3H3,(H,20,21). The number of nitrogens with zero attached hydrogens (tertiary/aromatic N) is 3. The summed E-state index contributed by atoms with van der Waals surface area (Å²) in [4.78, 5) is 20.3. The maximum absolute atomic E-state index is 11.7. The fraction of sp³-hybridized carbons (Fsp3) is 0.250. The minimum Gasteiger partial charge on any atom is -0.272 e. The summed E-state index contributed by atoms with van der Waals surface area (Å²) >= 11 is 1.30. The highest BCUT2D eigenvalue weighted by atomic mass is 32.2. The van der Waals surface area contributed by atoms with E-state index in [4.69, 9.17) is 0 Å². The summed E-state index contributed by atoms with van der Waals surface area (Å²) in [6, 6.07) is 9.79. The zero-order valence-corrected chi connectivity index (χ0v) is 13.6. The molecule has 0 aliphatic rings. The van der Waals surface area contributed by atoms with Crippen molar-refractivity contribution in [3.05, 3.63) is 52.8 Å². The number of benzene rings is 1. The highest BCUT2D eigenvalue weighted by Crippen LogP contribution is 2.13. The topological polar surface area (TPSA) is 67.2 Å². The number of hydrazone groups is 1. The summed E-state index contributed by atoms with van der Waals surface area (Å²) in [5.74, 6) is 0.0461. The van der Waals surface area contributed by atoms with Crippen LogP contribution in [0.25, 0.3) is 0 Å². The molecule has 1 aromatic heterocycles. The summed E-state index contributed by atoms with van der Waals surface area (Å²) in [5.41, 5.74) is 6.42. The zero-order chi connectivity index (χ0) is 15.9. The number of aromatic nitrogens is 2. The molecule has 0 fully saturated rings. The third kappa shape index (κ3) is 5.29. The van der Waals surface area contributed by atoms with Crippen LogP contribution in [-0.4, -0.2) is 27.8 Å². The molecule has 0 spiro atoms. The Kier molecular flexibility index (Phi) is 5.66. The van der Waals surface area contributed by atoms with Crippen LogP contribution in [0.3, 0.4) is 0 Å². The van der Waals surface area contributed by atoms with Crippen LogP contribution in [0, 0.1) is 20.8 Å². The van der Waals surface area contributed by atoms with Gasteiger partial charge < -0.3 is 0 Å². The molecule has 0 bridgehead atoms. The van der Waals surface area contributed by atoms with Crippen LogP contribution < -0.4 is 5.43 Å². The number of carbonyl (C=O) groups is 1. The van der Waals surface area contributed by atoms with E-state index < -0.39 is 0 Å². The average Bonchev–Trinajstić information content (AvgIpc) is 2.46. The van der Waals surface area contributed by atoms with Crippen LogP contribution in [0.5, 0.6) is 0 Å². The molecule has 6 heteroatoms. The minimum atomic E-state index is -0.184. The van der Waals surface area contributed by atoms with Gasteiger partial charge in [0.1, 0.15) is 0 Å². The Morgan fingerprint density at radius 1 is 1.18 bits per heavy atom. The van der Waals surface area contributed by atoms with Crippen molar-refractivity contribution in [3.8, 4) is 0 Å². The van der Waals surface area contributed by atoms with Gasteiger partial charge in [-0.1, -0.05) is 41.6 Å². The number of carbonyl (C=O) groups excluding carboxylic acids is 1. The monoisotopic (exact) mass is 314 g/mol. The Morgan fingerprint density at radius 3 is 2.45 bits per heavy atom. The number of thioether (sulfide) groups is 1. The van der Waals surface area contributed by atoms with E-state index in [0.717, 1.165) is 17.0 Å². The molecular weight excluding hydrogens is 296 g/mol. The fourth-order valence-electron chi connectivity index (χ4n) is 1.75. The summed E-state index contributed by atoms with van der Waals surface area (Å²) in [7, 11) is 0. The Morgan fingerprint density at radius 2 is 1.82 bits per heavy atom. The fourth-order valence-corrected chi connectivity index (χ4v) is 2.49. The number of hydrogen-bond acceptors (Lipinski definition) is 5. The molecule has 114 valence electrons. The molecule has 2 rings (SSSR count). The number of amides is 1. The van der Waals surface area contributed by atoms with Gasteiger partial charge >= 0.3 is 0 Å². The lowest BCUT2D eigenvalue weighted by molar-refractivity contribution is -0.118. The van der Waals surface area contributed by atoms with Gasteiger partial charge in [0.25, 0.3) is 5.91 Å². The molecule has 0 atom stereocenters. The Balaban J connectivity index is 1.81. The van der Waals surface area contributed by atoms with E-state index in [1.807, 2.05) is 51.1 Å². The van der Waals surface area contributed by atoms with Crippen molar-refractivity contribution in [3.63, 3.8) is 0 Å². The van der Waals surface area contributed by atoms with Crippen LogP contribution in [0.4, 0.5) is 0 Å². The van der Waals surface area contributed by atoms with Crippen molar-refractivity contribution >= 4 is 23.9 Å². The maximum atomic E-state index is 11.7. The molecule has 0 radical (unpaired) electrons. The highest BCUT2D eigenvalue weighted by molar-refractivity contribution is 7.99. The molecule has 0 saturated carbocycles. The third-order valence-corrected chi connectivity index (χ3v) is 3.62. The smallest absolute Gasteiger partial charge is 0.250 e. The molecule has 1 amide bonds. The van der Waals surface area contributed by atoms with Gasteiger partial charge in [0.15, 0.2) is 5.16 Å². The van der Waals surface area contributed by atoms with E-state index in [9.17, 15) is 4.79 Å². The molecule has 22 heavy (non-hydrogen) atoms. The average molecular weight is 314 g/mol. The number of rotatable bonds is 5. The van der Waals surface area contributed by atoms with E-state index in [0.29, 0.717) is 5.16 Å². The van der Waals surface area contributed by atoms with Crippen LogP contribution in [0.1, 0.15) is 22.5 Å².